The van der Waals surface area contributed by atoms with E-state index in [9.17, 15) is 18.0 Å². The highest BCUT2D eigenvalue weighted by molar-refractivity contribution is 5.99. The molecule has 0 N–H and O–H groups in total. The van der Waals surface area contributed by atoms with E-state index in [0.29, 0.717) is 16.9 Å². The topological polar surface area (TPSA) is 35.5 Å². The van der Waals surface area contributed by atoms with E-state index in [1.807, 2.05) is 20.8 Å². The Morgan fingerprint density at radius 2 is 1.40 bits per heavy atom. The molecule has 0 spiro atoms. The molecule has 0 amide bonds. The first-order valence-electron chi connectivity index (χ1n) is 7.67. The number of hydrogen-bond acceptors (Lipinski definition) is 3. The van der Waals surface area contributed by atoms with Crippen LogP contribution in [0.1, 0.15) is 36.7 Å². The standard InChI is InChI=1S/C19H19F3O3/c1-18(2,3)17(23)14-6-10-15(11-7-14)24-12-13-4-8-16(9-5-13)25-19(20,21)22/h4-11H,12H2,1-3H3. The summed E-state index contributed by atoms with van der Waals surface area (Å²) in [6.07, 6.45) is -4.70. The third-order valence-electron chi connectivity index (χ3n) is 3.36. The lowest BCUT2D eigenvalue weighted by molar-refractivity contribution is -0.274. The maximum absolute atomic E-state index is 12.2. The molecule has 0 saturated carbocycles. The van der Waals surface area contributed by atoms with Crippen molar-refractivity contribution < 1.29 is 27.4 Å². The van der Waals surface area contributed by atoms with Crippen LogP contribution in [0.15, 0.2) is 48.5 Å². The normalized spacial score (nSPS) is 11.9. The van der Waals surface area contributed by atoms with E-state index in [1.54, 1.807) is 24.3 Å². The van der Waals surface area contributed by atoms with Gasteiger partial charge in [-0.05, 0) is 42.0 Å². The second kappa shape index (κ2) is 7.17. The van der Waals surface area contributed by atoms with Crippen LogP contribution in [0.4, 0.5) is 13.2 Å². The van der Waals surface area contributed by atoms with Gasteiger partial charge in [0, 0.05) is 11.0 Å². The Morgan fingerprint density at radius 1 is 0.880 bits per heavy atom. The number of hydrogen-bond donors (Lipinski definition) is 0. The summed E-state index contributed by atoms with van der Waals surface area (Å²) in [6.45, 7) is 5.75. The van der Waals surface area contributed by atoms with E-state index < -0.39 is 11.8 Å². The average Bonchev–Trinajstić information content (AvgIpc) is 2.52. The first kappa shape index (κ1) is 18.8. The second-order valence-electron chi connectivity index (χ2n) is 6.58. The monoisotopic (exact) mass is 352 g/mol. The third-order valence-corrected chi connectivity index (χ3v) is 3.36. The molecule has 134 valence electrons. The van der Waals surface area contributed by atoms with Gasteiger partial charge in [0.05, 0.1) is 0 Å². The van der Waals surface area contributed by atoms with Crippen molar-refractivity contribution in [2.75, 3.05) is 0 Å². The van der Waals surface area contributed by atoms with Gasteiger partial charge in [0.2, 0.25) is 0 Å². The van der Waals surface area contributed by atoms with Crippen molar-refractivity contribution in [3.8, 4) is 11.5 Å². The zero-order valence-corrected chi connectivity index (χ0v) is 14.2. The number of rotatable bonds is 5. The van der Waals surface area contributed by atoms with E-state index in [0.717, 1.165) is 0 Å². The molecule has 6 heteroatoms. The van der Waals surface area contributed by atoms with E-state index >= 15 is 0 Å². The van der Waals surface area contributed by atoms with Gasteiger partial charge in [0.15, 0.2) is 5.78 Å². The Bertz CT molecular complexity index is 712. The summed E-state index contributed by atoms with van der Waals surface area (Å²) in [5, 5.41) is 0. The minimum atomic E-state index is -4.70. The van der Waals surface area contributed by atoms with Crippen molar-refractivity contribution in [3.63, 3.8) is 0 Å². The predicted molar refractivity (Wildman–Crippen MR) is 87.7 cm³/mol. The van der Waals surface area contributed by atoms with E-state index in [2.05, 4.69) is 4.74 Å². The van der Waals surface area contributed by atoms with Gasteiger partial charge in [-0.25, -0.2) is 0 Å². The molecule has 3 nitrogen and oxygen atoms in total. The molecule has 2 aromatic rings. The van der Waals surface area contributed by atoms with Crippen LogP contribution in [0.5, 0.6) is 11.5 Å². The van der Waals surface area contributed by atoms with Crippen LogP contribution in [-0.2, 0) is 6.61 Å². The van der Waals surface area contributed by atoms with Gasteiger partial charge >= 0.3 is 6.36 Å². The van der Waals surface area contributed by atoms with Crippen LogP contribution in [0.3, 0.4) is 0 Å². The fraction of sp³-hybridized carbons (Fsp3) is 0.316. The van der Waals surface area contributed by atoms with Gasteiger partial charge in [-0.15, -0.1) is 13.2 Å². The quantitative estimate of drug-likeness (QED) is 0.677. The lowest BCUT2D eigenvalue weighted by Gasteiger charge is -2.16. The number of benzene rings is 2. The number of ether oxygens (including phenoxy) is 2. The molecular weight excluding hydrogens is 333 g/mol. The number of alkyl halides is 3. The molecule has 0 unspecified atom stereocenters. The van der Waals surface area contributed by atoms with Crippen molar-refractivity contribution in [2.45, 2.75) is 33.7 Å². The molecule has 2 aromatic carbocycles. The first-order chi connectivity index (χ1) is 11.5. The van der Waals surface area contributed by atoms with Crippen LogP contribution in [0.25, 0.3) is 0 Å². The van der Waals surface area contributed by atoms with Gasteiger partial charge in [0.1, 0.15) is 18.1 Å². The summed E-state index contributed by atoms with van der Waals surface area (Å²) in [7, 11) is 0. The van der Waals surface area contributed by atoms with Crippen molar-refractivity contribution in [1.29, 1.82) is 0 Å². The fourth-order valence-electron chi connectivity index (χ4n) is 2.09. The molecule has 0 aliphatic rings. The van der Waals surface area contributed by atoms with Crippen LogP contribution in [0.2, 0.25) is 0 Å². The summed E-state index contributed by atoms with van der Waals surface area (Å²) in [5.41, 5.74) is 0.848. The zero-order chi connectivity index (χ0) is 18.7. The van der Waals surface area contributed by atoms with Gasteiger partial charge in [-0.3, -0.25) is 4.79 Å². The molecule has 0 fully saturated rings. The second-order valence-corrected chi connectivity index (χ2v) is 6.58. The van der Waals surface area contributed by atoms with Gasteiger partial charge in [0.25, 0.3) is 0 Å². The third kappa shape index (κ3) is 5.81. The van der Waals surface area contributed by atoms with Gasteiger partial charge in [-0.2, -0.15) is 0 Å². The number of carbonyl (C=O) groups excluding carboxylic acids is 1. The average molecular weight is 352 g/mol. The lowest BCUT2D eigenvalue weighted by Crippen LogP contribution is -2.19. The summed E-state index contributed by atoms with van der Waals surface area (Å²) >= 11 is 0. The van der Waals surface area contributed by atoms with Gasteiger partial charge < -0.3 is 9.47 Å². The van der Waals surface area contributed by atoms with E-state index in [4.69, 9.17) is 4.74 Å². The summed E-state index contributed by atoms with van der Waals surface area (Å²) in [6, 6.07) is 12.2. The summed E-state index contributed by atoms with van der Waals surface area (Å²) in [4.78, 5) is 12.2. The number of carbonyl (C=O) groups is 1. The molecule has 0 saturated heterocycles. The van der Waals surface area contributed by atoms with Crippen LogP contribution < -0.4 is 9.47 Å². The molecule has 0 bridgehead atoms. The number of Topliss-reactive ketones (excluding diaryl/α,β-unsaturated/α-hetero) is 1. The molecule has 25 heavy (non-hydrogen) atoms. The summed E-state index contributed by atoms with van der Waals surface area (Å²) < 4.78 is 45.7. The van der Waals surface area contributed by atoms with Crippen molar-refractivity contribution in [1.82, 2.24) is 0 Å². The Kier molecular flexibility index (Phi) is 5.40. The zero-order valence-electron chi connectivity index (χ0n) is 14.2. The van der Waals surface area contributed by atoms with Crippen molar-refractivity contribution in [3.05, 3.63) is 59.7 Å². The maximum Gasteiger partial charge on any atom is 0.573 e. The molecule has 0 aliphatic heterocycles. The van der Waals surface area contributed by atoms with E-state index in [-0.39, 0.29) is 18.1 Å². The molecule has 0 aliphatic carbocycles. The molecular formula is C19H19F3O3. The molecule has 0 atom stereocenters. The van der Waals surface area contributed by atoms with Gasteiger partial charge in [-0.1, -0.05) is 32.9 Å². The lowest BCUT2D eigenvalue weighted by atomic mass is 9.86. The van der Waals surface area contributed by atoms with E-state index in [1.165, 1.54) is 24.3 Å². The number of ketones is 1. The van der Waals surface area contributed by atoms with Crippen LogP contribution in [0, 0.1) is 5.41 Å². The molecule has 0 heterocycles. The molecule has 0 radical (unpaired) electrons. The predicted octanol–water partition coefficient (Wildman–Crippen LogP) is 5.39. The highest BCUT2D eigenvalue weighted by atomic mass is 19.4. The van der Waals surface area contributed by atoms with Crippen molar-refractivity contribution >= 4 is 5.78 Å². The van der Waals surface area contributed by atoms with Crippen LogP contribution >= 0.6 is 0 Å². The minimum Gasteiger partial charge on any atom is -0.489 e. The Labute approximate surface area is 144 Å². The number of halogens is 3. The largest absolute Gasteiger partial charge is 0.573 e. The SMILES string of the molecule is CC(C)(C)C(=O)c1ccc(OCc2ccc(OC(F)(F)F)cc2)cc1. The smallest absolute Gasteiger partial charge is 0.489 e. The van der Waals surface area contributed by atoms with Crippen molar-refractivity contribution in [2.24, 2.45) is 5.41 Å². The molecule has 2 rings (SSSR count). The Morgan fingerprint density at radius 3 is 1.88 bits per heavy atom. The highest BCUT2D eigenvalue weighted by Crippen LogP contribution is 2.24. The Hall–Kier alpha value is -2.50. The van der Waals surface area contributed by atoms with Crippen LogP contribution in [-0.4, -0.2) is 12.1 Å². The maximum atomic E-state index is 12.2. The Balaban J connectivity index is 1.94. The first-order valence-corrected chi connectivity index (χ1v) is 7.67. The summed E-state index contributed by atoms with van der Waals surface area (Å²) in [5.74, 6) is 0.335. The molecule has 0 aromatic heterocycles. The fourth-order valence-corrected chi connectivity index (χ4v) is 2.09. The highest BCUT2D eigenvalue weighted by Gasteiger charge is 2.30. The minimum absolute atomic E-state index is 0.0410.